The summed E-state index contributed by atoms with van der Waals surface area (Å²) in [7, 11) is 0. The predicted molar refractivity (Wildman–Crippen MR) is 112 cm³/mol. The van der Waals surface area contributed by atoms with E-state index in [1.54, 1.807) is 30.5 Å². The molecule has 4 aromatic rings. The maximum absolute atomic E-state index is 13.0. The van der Waals surface area contributed by atoms with Gasteiger partial charge in [-0.05, 0) is 48.9 Å². The van der Waals surface area contributed by atoms with Crippen LogP contribution in [-0.2, 0) is 11.2 Å². The molecule has 0 aliphatic rings. The lowest BCUT2D eigenvalue weighted by atomic mass is 10.1. The molecule has 4 rings (SSSR count). The Labute approximate surface area is 172 Å². The van der Waals surface area contributed by atoms with Crippen LogP contribution < -0.4 is 10.6 Å². The van der Waals surface area contributed by atoms with Gasteiger partial charge in [0, 0.05) is 29.8 Å². The molecule has 0 radical (unpaired) electrons. The molecule has 0 spiro atoms. The first-order valence-corrected chi connectivity index (χ1v) is 9.30. The quantitative estimate of drug-likeness (QED) is 0.509. The molecule has 0 saturated carbocycles. The van der Waals surface area contributed by atoms with Gasteiger partial charge in [-0.15, -0.1) is 0 Å². The van der Waals surface area contributed by atoms with Crippen molar-refractivity contribution >= 4 is 23.1 Å². The van der Waals surface area contributed by atoms with Crippen molar-refractivity contribution in [1.82, 2.24) is 19.5 Å². The highest BCUT2D eigenvalue weighted by atomic mass is 19.1. The zero-order valence-electron chi connectivity index (χ0n) is 16.2. The molecule has 1 amide bonds. The molecule has 30 heavy (non-hydrogen) atoms. The normalized spacial score (nSPS) is 10.6. The summed E-state index contributed by atoms with van der Waals surface area (Å²) in [6.45, 7) is 1.90. The average molecular weight is 402 g/mol. The van der Waals surface area contributed by atoms with Crippen LogP contribution in [0, 0.1) is 12.7 Å². The number of hydrogen-bond acceptors (Lipinski definition) is 5. The highest BCUT2D eigenvalue weighted by Gasteiger charge is 2.06. The van der Waals surface area contributed by atoms with Crippen LogP contribution in [0.2, 0.25) is 0 Å². The van der Waals surface area contributed by atoms with E-state index in [4.69, 9.17) is 0 Å². The zero-order chi connectivity index (χ0) is 20.9. The fourth-order valence-corrected chi connectivity index (χ4v) is 2.94. The minimum atomic E-state index is -0.321. The van der Waals surface area contributed by atoms with Gasteiger partial charge in [-0.2, -0.15) is 0 Å². The molecule has 0 aliphatic carbocycles. The van der Waals surface area contributed by atoms with Crippen molar-refractivity contribution in [1.29, 1.82) is 0 Å². The van der Waals surface area contributed by atoms with Gasteiger partial charge < -0.3 is 10.6 Å². The first kappa shape index (κ1) is 19.3. The van der Waals surface area contributed by atoms with E-state index in [1.807, 2.05) is 35.9 Å². The summed E-state index contributed by atoms with van der Waals surface area (Å²) >= 11 is 0. The molecule has 0 bridgehead atoms. The van der Waals surface area contributed by atoms with Crippen LogP contribution in [0.5, 0.6) is 0 Å². The lowest BCUT2D eigenvalue weighted by Gasteiger charge is -2.10. The number of rotatable bonds is 6. The van der Waals surface area contributed by atoms with Gasteiger partial charge in [0.2, 0.25) is 5.91 Å². The van der Waals surface area contributed by atoms with E-state index in [0.717, 1.165) is 17.1 Å². The van der Waals surface area contributed by atoms with E-state index < -0.39 is 0 Å². The van der Waals surface area contributed by atoms with Crippen LogP contribution in [0.3, 0.4) is 0 Å². The molecule has 0 unspecified atom stereocenters. The summed E-state index contributed by atoms with van der Waals surface area (Å²) in [6, 6.07) is 15.0. The number of imidazole rings is 1. The number of carbonyl (C=O) groups is 1. The van der Waals surface area contributed by atoms with Gasteiger partial charge >= 0.3 is 0 Å². The van der Waals surface area contributed by atoms with Gasteiger partial charge in [-0.1, -0.05) is 12.1 Å². The summed E-state index contributed by atoms with van der Waals surface area (Å²) in [5, 5.41) is 6.05. The second-order valence-corrected chi connectivity index (χ2v) is 6.66. The number of aromatic nitrogens is 4. The van der Waals surface area contributed by atoms with Crippen LogP contribution in [0.15, 0.2) is 73.3 Å². The fourth-order valence-electron chi connectivity index (χ4n) is 2.94. The molecule has 150 valence electrons. The zero-order valence-corrected chi connectivity index (χ0v) is 16.2. The van der Waals surface area contributed by atoms with Crippen molar-refractivity contribution in [2.45, 2.75) is 13.3 Å². The Morgan fingerprint density at radius 3 is 2.43 bits per heavy atom. The second-order valence-electron chi connectivity index (χ2n) is 6.66. The third-order valence-electron chi connectivity index (χ3n) is 4.44. The Morgan fingerprint density at radius 1 is 1.00 bits per heavy atom. The van der Waals surface area contributed by atoms with Crippen molar-refractivity contribution in [2.24, 2.45) is 0 Å². The Kier molecular flexibility index (Phi) is 5.47. The maximum Gasteiger partial charge on any atom is 0.228 e. The number of nitrogens with zero attached hydrogens (tertiary/aromatic N) is 4. The highest BCUT2D eigenvalue weighted by molar-refractivity contribution is 5.92. The van der Waals surface area contributed by atoms with E-state index in [9.17, 15) is 9.18 Å². The molecule has 2 heterocycles. The molecule has 2 N–H and O–H groups in total. The average Bonchev–Trinajstić information content (AvgIpc) is 3.17. The van der Waals surface area contributed by atoms with Crippen molar-refractivity contribution < 1.29 is 9.18 Å². The smallest absolute Gasteiger partial charge is 0.228 e. The van der Waals surface area contributed by atoms with Crippen LogP contribution in [0.4, 0.5) is 21.6 Å². The summed E-state index contributed by atoms with van der Waals surface area (Å²) in [6.07, 6.45) is 5.22. The third-order valence-corrected chi connectivity index (χ3v) is 4.44. The number of carbonyl (C=O) groups excluding carboxylic acids is 1. The van der Waals surface area contributed by atoms with Gasteiger partial charge in [-0.25, -0.2) is 19.3 Å². The highest BCUT2D eigenvalue weighted by Crippen LogP contribution is 2.19. The Hall–Kier alpha value is -4.07. The number of amides is 1. The third kappa shape index (κ3) is 4.67. The van der Waals surface area contributed by atoms with Crippen molar-refractivity contribution in [2.75, 3.05) is 10.6 Å². The molecular formula is C22H19FN6O. The number of halogens is 1. The van der Waals surface area contributed by atoms with Crippen molar-refractivity contribution in [3.05, 3.63) is 90.5 Å². The molecule has 0 atom stereocenters. The molecule has 8 heteroatoms. The predicted octanol–water partition coefficient (Wildman–Crippen LogP) is 4.03. The molecule has 2 aromatic carbocycles. The van der Waals surface area contributed by atoms with E-state index in [2.05, 4.69) is 25.6 Å². The standard InChI is InChI=1S/C22H19FN6O/c1-15-24-10-11-29(15)21-13-20(25-14-26-21)27-18-6-8-19(9-7-18)28-22(30)12-16-2-4-17(23)5-3-16/h2-11,13-14H,12H2,1H3,(H,28,30)(H,25,26,27). The van der Waals surface area contributed by atoms with E-state index in [-0.39, 0.29) is 18.1 Å². The van der Waals surface area contributed by atoms with Crippen LogP contribution >= 0.6 is 0 Å². The summed E-state index contributed by atoms with van der Waals surface area (Å²) in [4.78, 5) is 24.9. The second kappa shape index (κ2) is 8.52. The molecular weight excluding hydrogens is 383 g/mol. The minimum Gasteiger partial charge on any atom is -0.340 e. The van der Waals surface area contributed by atoms with Crippen LogP contribution in [-0.4, -0.2) is 25.4 Å². The molecule has 0 fully saturated rings. The first-order chi connectivity index (χ1) is 14.6. The Balaban J connectivity index is 1.38. The van der Waals surface area contributed by atoms with Crippen molar-refractivity contribution in [3.63, 3.8) is 0 Å². The number of aryl methyl sites for hydroxylation is 1. The number of benzene rings is 2. The summed E-state index contributed by atoms with van der Waals surface area (Å²) < 4.78 is 14.8. The van der Waals surface area contributed by atoms with Crippen molar-refractivity contribution in [3.8, 4) is 5.82 Å². The fraction of sp³-hybridized carbons (Fsp3) is 0.0909. The summed E-state index contributed by atoms with van der Waals surface area (Å²) in [5.41, 5.74) is 2.24. The molecule has 2 aromatic heterocycles. The molecule has 7 nitrogen and oxygen atoms in total. The van der Waals surface area contributed by atoms with Gasteiger partial charge in [-0.3, -0.25) is 9.36 Å². The minimum absolute atomic E-state index is 0.168. The van der Waals surface area contributed by atoms with Crippen LogP contribution in [0.25, 0.3) is 5.82 Å². The van der Waals surface area contributed by atoms with Crippen LogP contribution in [0.1, 0.15) is 11.4 Å². The summed E-state index contributed by atoms with van der Waals surface area (Å²) in [5.74, 6) is 1.70. The van der Waals surface area contributed by atoms with Gasteiger partial charge in [0.25, 0.3) is 0 Å². The molecule has 0 aliphatic heterocycles. The number of hydrogen-bond donors (Lipinski definition) is 2. The lowest BCUT2D eigenvalue weighted by molar-refractivity contribution is -0.115. The lowest BCUT2D eigenvalue weighted by Crippen LogP contribution is -2.14. The first-order valence-electron chi connectivity index (χ1n) is 9.30. The van der Waals surface area contributed by atoms with E-state index in [1.165, 1.54) is 18.5 Å². The molecule has 0 saturated heterocycles. The monoisotopic (exact) mass is 402 g/mol. The largest absolute Gasteiger partial charge is 0.340 e. The van der Waals surface area contributed by atoms with Gasteiger partial charge in [0.15, 0.2) is 0 Å². The SMILES string of the molecule is Cc1nccn1-c1cc(Nc2ccc(NC(=O)Cc3ccc(F)cc3)cc2)ncn1. The topological polar surface area (TPSA) is 84.7 Å². The Bertz CT molecular complexity index is 1150. The number of nitrogens with one attached hydrogen (secondary N) is 2. The number of anilines is 3. The van der Waals surface area contributed by atoms with Gasteiger partial charge in [0.05, 0.1) is 6.42 Å². The van der Waals surface area contributed by atoms with Gasteiger partial charge in [0.1, 0.15) is 29.6 Å². The maximum atomic E-state index is 13.0. The Morgan fingerprint density at radius 2 is 1.73 bits per heavy atom. The van der Waals surface area contributed by atoms with E-state index in [0.29, 0.717) is 17.3 Å². The van der Waals surface area contributed by atoms with E-state index >= 15 is 0 Å².